The van der Waals surface area contributed by atoms with Gasteiger partial charge in [0.15, 0.2) is 9.84 Å². The second-order valence-electron chi connectivity index (χ2n) is 7.92. The highest BCUT2D eigenvalue weighted by molar-refractivity contribution is 7.90. The molecule has 2 aromatic carbocycles. The van der Waals surface area contributed by atoms with E-state index in [-0.39, 0.29) is 42.4 Å². The first-order valence-corrected chi connectivity index (χ1v) is 13.2. The van der Waals surface area contributed by atoms with Crippen LogP contribution in [0.2, 0.25) is 0 Å². The minimum absolute atomic E-state index is 0.0232. The normalized spacial score (nSPS) is 14.8. The first kappa shape index (κ1) is 21.7. The highest BCUT2D eigenvalue weighted by atomic mass is 32.2. The molecule has 5 rings (SSSR count). The number of furan rings is 1. The van der Waals surface area contributed by atoms with Crippen LogP contribution in [0.15, 0.2) is 47.1 Å². The lowest BCUT2D eigenvalue weighted by Crippen LogP contribution is -2.20. The summed E-state index contributed by atoms with van der Waals surface area (Å²) in [5.74, 6) is -1.03. The number of nitrogens with one attached hydrogen (secondary N) is 1. The van der Waals surface area contributed by atoms with Crippen LogP contribution in [-0.4, -0.2) is 32.7 Å². The summed E-state index contributed by atoms with van der Waals surface area (Å²) in [6.07, 6.45) is 1.86. The lowest BCUT2D eigenvalue weighted by atomic mass is 10.0. The van der Waals surface area contributed by atoms with Gasteiger partial charge in [-0.2, -0.15) is 0 Å². The largest absolute Gasteiger partial charge is 0.464 e. The Morgan fingerprint density at radius 1 is 1.18 bits per heavy atom. The molecule has 4 aromatic rings. The number of esters is 1. The van der Waals surface area contributed by atoms with Crippen molar-refractivity contribution in [3.05, 3.63) is 64.2 Å². The van der Waals surface area contributed by atoms with Gasteiger partial charge in [-0.1, -0.05) is 30.3 Å². The summed E-state index contributed by atoms with van der Waals surface area (Å²) in [6.45, 7) is 1.89. The van der Waals surface area contributed by atoms with Crippen LogP contribution >= 0.6 is 11.3 Å². The summed E-state index contributed by atoms with van der Waals surface area (Å²) in [4.78, 5) is 26.2. The van der Waals surface area contributed by atoms with Crippen molar-refractivity contribution in [2.75, 3.05) is 17.7 Å². The van der Waals surface area contributed by atoms with Crippen molar-refractivity contribution < 1.29 is 27.2 Å². The van der Waals surface area contributed by atoms with Gasteiger partial charge >= 0.3 is 5.97 Å². The van der Waals surface area contributed by atoms with Crippen molar-refractivity contribution in [1.82, 2.24) is 0 Å². The SMILES string of the molecule is CCOC(=O)c1c(NC(=O)Cc2coc3ccc4ccccc4c23)sc2c1CCS(=O)(=O)C2. The first-order valence-electron chi connectivity index (χ1n) is 10.6. The maximum absolute atomic E-state index is 13.0. The van der Waals surface area contributed by atoms with Crippen LogP contribution in [0.5, 0.6) is 0 Å². The average Bonchev–Trinajstić information content (AvgIpc) is 3.33. The molecule has 0 bridgehead atoms. The number of sulfone groups is 1. The zero-order chi connectivity index (χ0) is 23.2. The van der Waals surface area contributed by atoms with E-state index in [1.54, 1.807) is 13.2 Å². The Bertz CT molecular complexity index is 1510. The van der Waals surface area contributed by atoms with Crippen molar-refractivity contribution in [3.8, 4) is 0 Å². The summed E-state index contributed by atoms with van der Waals surface area (Å²) in [5, 5.41) is 6.08. The number of fused-ring (bicyclic) bond motifs is 4. The molecule has 1 aliphatic rings. The van der Waals surface area contributed by atoms with E-state index in [1.165, 1.54) is 0 Å². The molecule has 170 valence electrons. The average molecular weight is 484 g/mol. The molecule has 0 spiro atoms. The Hall–Kier alpha value is -3.17. The molecule has 0 atom stereocenters. The molecule has 0 fully saturated rings. The van der Waals surface area contributed by atoms with Gasteiger partial charge in [0.25, 0.3) is 0 Å². The van der Waals surface area contributed by atoms with E-state index in [2.05, 4.69) is 5.32 Å². The van der Waals surface area contributed by atoms with E-state index in [0.29, 0.717) is 21.0 Å². The number of hydrogen-bond acceptors (Lipinski definition) is 7. The Balaban J connectivity index is 1.48. The minimum atomic E-state index is -3.22. The van der Waals surface area contributed by atoms with Crippen LogP contribution in [0.1, 0.15) is 33.3 Å². The van der Waals surface area contributed by atoms with E-state index in [4.69, 9.17) is 9.15 Å². The highest BCUT2D eigenvalue weighted by Gasteiger charge is 2.32. The topological polar surface area (TPSA) is 103 Å². The predicted octanol–water partition coefficient (Wildman–Crippen LogP) is 4.48. The molecule has 9 heteroatoms. The molecular weight excluding hydrogens is 462 g/mol. The van der Waals surface area contributed by atoms with Gasteiger partial charge in [0.05, 0.1) is 36.4 Å². The third-order valence-electron chi connectivity index (χ3n) is 5.73. The maximum Gasteiger partial charge on any atom is 0.341 e. The van der Waals surface area contributed by atoms with Gasteiger partial charge < -0.3 is 14.5 Å². The van der Waals surface area contributed by atoms with E-state index in [1.807, 2.05) is 36.4 Å². The summed E-state index contributed by atoms with van der Waals surface area (Å²) in [6, 6.07) is 11.7. The lowest BCUT2D eigenvalue weighted by molar-refractivity contribution is -0.115. The monoisotopic (exact) mass is 483 g/mol. The smallest absolute Gasteiger partial charge is 0.341 e. The molecule has 3 heterocycles. The molecular formula is C24H21NO6S2. The van der Waals surface area contributed by atoms with E-state index >= 15 is 0 Å². The summed E-state index contributed by atoms with van der Waals surface area (Å²) in [7, 11) is -3.22. The second kappa shape index (κ2) is 8.31. The maximum atomic E-state index is 13.0. The van der Waals surface area contributed by atoms with Crippen LogP contribution in [0.4, 0.5) is 5.00 Å². The fourth-order valence-electron chi connectivity index (χ4n) is 4.28. The number of anilines is 1. The molecule has 1 N–H and O–H groups in total. The fourth-order valence-corrected chi connectivity index (χ4v) is 7.33. The molecule has 0 saturated carbocycles. The molecule has 7 nitrogen and oxygen atoms in total. The molecule has 0 aliphatic carbocycles. The van der Waals surface area contributed by atoms with Gasteiger partial charge in [-0.15, -0.1) is 11.3 Å². The first-order chi connectivity index (χ1) is 15.9. The standard InChI is InChI=1S/C24H21NO6S2/c1-2-30-24(27)22-17-9-10-33(28,29)13-19(17)32-23(22)25-20(26)11-15-12-31-18-8-7-14-5-3-4-6-16(14)21(15)18/h3-8,12H,2,9-11,13H2,1H3,(H,25,26). The Labute approximate surface area is 194 Å². The third kappa shape index (κ3) is 4.02. The number of rotatable bonds is 5. The molecule has 0 saturated heterocycles. The number of amides is 1. The van der Waals surface area contributed by atoms with Crippen molar-refractivity contribution in [2.45, 2.75) is 25.5 Å². The van der Waals surface area contributed by atoms with Crippen LogP contribution < -0.4 is 5.32 Å². The zero-order valence-electron chi connectivity index (χ0n) is 17.8. The van der Waals surface area contributed by atoms with Crippen LogP contribution in [0.25, 0.3) is 21.7 Å². The number of benzene rings is 2. The van der Waals surface area contributed by atoms with Crippen LogP contribution in [0, 0.1) is 0 Å². The lowest BCUT2D eigenvalue weighted by Gasteiger charge is -2.13. The van der Waals surface area contributed by atoms with Crippen molar-refractivity contribution in [2.24, 2.45) is 0 Å². The Kier molecular flexibility index (Phi) is 5.46. The number of carbonyl (C=O) groups is 2. The number of thiophene rings is 1. The predicted molar refractivity (Wildman–Crippen MR) is 128 cm³/mol. The quantitative estimate of drug-likeness (QED) is 0.420. The highest BCUT2D eigenvalue weighted by Crippen LogP contribution is 2.39. The summed E-state index contributed by atoms with van der Waals surface area (Å²) < 4.78 is 35.0. The summed E-state index contributed by atoms with van der Waals surface area (Å²) >= 11 is 1.13. The summed E-state index contributed by atoms with van der Waals surface area (Å²) in [5.41, 5.74) is 2.35. The second-order valence-corrected chi connectivity index (χ2v) is 11.2. The van der Waals surface area contributed by atoms with Gasteiger partial charge in [-0.3, -0.25) is 4.79 Å². The Morgan fingerprint density at radius 3 is 2.82 bits per heavy atom. The molecule has 0 radical (unpaired) electrons. The van der Waals surface area contributed by atoms with Crippen LogP contribution in [0.3, 0.4) is 0 Å². The van der Waals surface area contributed by atoms with E-state index < -0.39 is 15.8 Å². The minimum Gasteiger partial charge on any atom is -0.464 e. The van der Waals surface area contributed by atoms with Gasteiger partial charge in [0.1, 0.15) is 10.6 Å². The van der Waals surface area contributed by atoms with Crippen molar-refractivity contribution in [3.63, 3.8) is 0 Å². The number of ether oxygens (including phenoxy) is 1. The van der Waals surface area contributed by atoms with E-state index in [0.717, 1.165) is 33.1 Å². The molecule has 1 aliphatic heterocycles. The molecule has 33 heavy (non-hydrogen) atoms. The van der Waals surface area contributed by atoms with E-state index in [9.17, 15) is 18.0 Å². The zero-order valence-corrected chi connectivity index (χ0v) is 19.5. The third-order valence-corrected chi connectivity index (χ3v) is 8.61. The molecule has 0 unspecified atom stereocenters. The van der Waals surface area contributed by atoms with Crippen LogP contribution in [-0.2, 0) is 38.0 Å². The Morgan fingerprint density at radius 2 is 2.00 bits per heavy atom. The number of hydrogen-bond donors (Lipinski definition) is 1. The van der Waals surface area contributed by atoms with Crippen molar-refractivity contribution >= 4 is 59.8 Å². The number of carbonyl (C=O) groups excluding carboxylic acids is 2. The van der Waals surface area contributed by atoms with Gasteiger partial charge in [0, 0.05) is 15.8 Å². The molecule has 1 amide bonds. The van der Waals surface area contributed by atoms with Gasteiger partial charge in [-0.05, 0) is 35.7 Å². The van der Waals surface area contributed by atoms with Gasteiger partial charge in [0.2, 0.25) is 5.91 Å². The fraction of sp³-hybridized carbons (Fsp3) is 0.250. The van der Waals surface area contributed by atoms with Gasteiger partial charge in [-0.25, -0.2) is 13.2 Å². The van der Waals surface area contributed by atoms with Crippen molar-refractivity contribution in [1.29, 1.82) is 0 Å². The molecule has 2 aromatic heterocycles.